The quantitative estimate of drug-likeness (QED) is 0.289. The minimum absolute atomic E-state index is 0.167. The standard InChI is InChI=1S/C21H18O4/c1-5-6-7-15-9-11-17-18(21(15)24-14(4)22)19(23)16-10-8-12(2)13(3)20(16)25-17/h8-11H,5H2,1-4H3. The van der Waals surface area contributed by atoms with E-state index in [1.165, 1.54) is 6.92 Å². The lowest BCUT2D eigenvalue weighted by atomic mass is 10.0. The van der Waals surface area contributed by atoms with Crippen LogP contribution < -0.4 is 10.2 Å². The van der Waals surface area contributed by atoms with Crippen molar-refractivity contribution >= 4 is 27.9 Å². The lowest BCUT2D eigenvalue weighted by Crippen LogP contribution is -2.10. The van der Waals surface area contributed by atoms with Crippen molar-refractivity contribution in [2.45, 2.75) is 34.1 Å². The van der Waals surface area contributed by atoms with E-state index in [1.807, 2.05) is 26.8 Å². The highest BCUT2D eigenvalue weighted by atomic mass is 16.5. The number of hydrogen-bond acceptors (Lipinski definition) is 4. The van der Waals surface area contributed by atoms with Crippen LogP contribution in [0.2, 0.25) is 0 Å². The Morgan fingerprint density at radius 1 is 1.20 bits per heavy atom. The Morgan fingerprint density at radius 2 is 1.96 bits per heavy atom. The van der Waals surface area contributed by atoms with Gasteiger partial charge >= 0.3 is 5.97 Å². The van der Waals surface area contributed by atoms with Crippen molar-refractivity contribution in [3.63, 3.8) is 0 Å². The van der Waals surface area contributed by atoms with Crippen molar-refractivity contribution in [3.05, 3.63) is 51.2 Å². The van der Waals surface area contributed by atoms with E-state index >= 15 is 0 Å². The van der Waals surface area contributed by atoms with Crippen molar-refractivity contribution in [3.8, 4) is 17.6 Å². The third-order valence-corrected chi connectivity index (χ3v) is 4.13. The number of fused-ring (bicyclic) bond motifs is 2. The fourth-order valence-electron chi connectivity index (χ4n) is 2.74. The molecule has 0 saturated carbocycles. The molecule has 0 atom stereocenters. The van der Waals surface area contributed by atoms with Gasteiger partial charge in [-0.25, -0.2) is 0 Å². The lowest BCUT2D eigenvalue weighted by molar-refractivity contribution is -0.131. The summed E-state index contributed by atoms with van der Waals surface area (Å²) >= 11 is 0. The van der Waals surface area contributed by atoms with Crippen molar-refractivity contribution in [1.82, 2.24) is 0 Å². The van der Waals surface area contributed by atoms with Gasteiger partial charge in [0.05, 0.1) is 10.9 Å². The van der Waals surface area contributed by atoms with E-state index < -0.39 is 5.97 Å². The number of rotatable bonds is 1. The zero-order valence-corrected chi connectivity index (χ0v) is 14.6. The third-order valence-electron chi connectivity index (χ3n) is 4.13. The van der Waals surface area contributed by atoms with E-state index in [0.717, 1.165) is 11.1 Å². The van der Waals surface area contributed by atoms with Gasteiger partial charge in [0, 0.05) is 13.3 Å². The summed E-state index contributed by atoms with van der Waals surface area (Å²) < 4.78 is 11.3. The minimum atomic E-state index is -0.508. The van der Waals surface area contributed by atoms with Gasteiger partial charge in [-0.1, -0.05) is 24.8 Å². The molecule has 1 aromatic heterocycles. The molecule has 126 valence electrons. The van der Waals surface area contributed by atoms with E-state index in [0.29, 0.717) is 28.5 Å². The molecule has 4 nitrogen and oxygen atoms in total. The maximum atomic E-state index is 13.1. The Labute approximate surface area is 145 Å². The smallest absolute Gasteiger partial charge is 0.308 e. The molecule has 0 saturated heterocycles. The van der Waals surface area contributed by atoms with Gasteiger partial charge < -0.3 is 9.15 Å². The zero-order chi connectivity index (χ0) is 18.1. The Kier molecular flexibility index (Phi) is 4.33. The first-order valence-corrected chi connectivity index (χ1v) is 8.11. The van der Waals surface area contributed by atoms with Crippen LogP contribution in [-0.4, -0.2) is 5.97 Å². The van der Waals surface area contributed by atoms with Crippen LogP contribution >= 0.6 is 0 Å². The summed E-state index contributed by atoms with van der Waals surface area (Å²) in [6.45, 7) is 7.10. The summed E-state index contributed by atoms with van der Waals surface area (Å²) in [5.74, 6) is 5.55. The molecule has 0 N–H and O–H groups in total. The molecule has 0 aliphatic rings. The van der Waals surface area contributed by atoms with E-state index in [2.05, 4.69) is 11.8 Å². The Morgan fingerprint density at radius 3 is 2.64 bits per heavy atom. The molecule has 3 aromatic rings. The van der Waals surface area contributed by atoms with Gasteiger partial charge in [-0.3, -0.25) is 9.59 Å². The number of benzene rings is 2. The molecule has 0 fully saturated rings. The molecular weight excluding hydrogens is 316 g/mol. The van der Waals surface area contributed by atoms with Gasteiger partial charge in [0.1, 0.15) is 16.6 Å². The van der Waals surface area contributed by atoms with Gasteiger partial charge in [-0.2, -0.15) is 0 Å². The Balaban J connectivity index is 2.48. The van der Waals surface area contributed by atoms with Crippen LogP contribution in [0.15, 0.2) is 33.5 Å². The number of ether oxygens (including phenoxy) is 1. The van der Waals surface area contributed by atoms with Gasteiger partial charge in [0.2, 0.25) is 5.43 Å². The van der Waals surface area contributed by atoms with E-state index in [1.54, 1.807) is 18.2 Å². The fourth-order valence-corrected chi connectivity index (χ4v) is 2.74. The van der Waals surface area contributed by atoms with Gasteiger partial charge in [-0.05, 0) is 43.2 Å². The predicted octanol–water partition coefficient (Wildman–Crippen LogP) is 4.25. The lowest BCUT2D eigenvalue weighted by Gasteiger charge is -2.10. The first-order chi connectivity index (χ1) is 11.9. The molecule has 0 bridgehead atoms. The van der Waals surface area contributed by atoms with Gasteiger partial charge in [0.25, 0.3) is 0 Å². The van der Waals surface area contributed by atoms with Crippen LogP contribution in [0.1, 0.15) is 37.0 Å². The van der Waals surface area contributed by atoms with Gasteiger partial charge in [0.15, 0.2) is 5.75 Å². The largest absolute Gasteiger partial charge is 0.455 e. The van der Waals surface area contributed by atoms with Crippen LogP contribution in [0.3, 0.4) is 0 Å². The molecule has 3 rings (SSSR count). The summed E-state index contributed by atoms with van der Waals surface area (Å²) in [7, 11) is 0. The maximum Gasteiger partial charge on any atom is 0.308 e. The van der Waals surface area contributed by atoms with Crippen LogP contribution in [0.4, 0.5) is 0 Å². The molecule has 2 aromatic carbocycles. The Bertz CT molecular complexity index is 1120. The third kappa shape index (κ3) is 2.89. The SMILES string of the molecule is CCC#Cc1ccc2oc3c(C)c(C)ccc3c(=O)c2c1OC(C)=O. The minimum Gasteiger partial charge on any atom is -0.455 e. The molecule has 0 unspecified atom stereocenters. The maximum absolute atomic E-state index is 13.1. The topological polar surface area (TPSA) is 56.5 Å². The summed E-state index contributed by atoms with van der Waals surface area (Å²) in [5, 5.41) is 0.707. The molecule has 0 radical (unpaired) electrons. The number of carbonyl (C=O) groups is 1. The van der Waals surface area contributed by atoms with Crippen LogP contribution in [-0.2, 0) is 4.79 Å². The highest BCUT2D eigenvalue weighted by Crippen LogP contribution is 2.31. The molecule has 4 heteroatoms. The summed E-state index contributed by atoms with van der Waals surface area (Å²) in [6, 6.07) is 7.03. The number of esters is 1. The average molecular weight is 334 g/mol. The second-order valence-electron chi connectivity index (χ2n) is 5.88. The monoisotopic (exact) mass is 334 g/mol. The highest BCUT2D eigenvalue weighted by Gasteiger charge is 2.18. The van der Waals surface area contributed by atoms with E-state index in [4.69, 9.17) is 9.15 Å². The molecular formula is C21H18O4. The number of hydrogen-bond donors (Lipinski definition) is 0. The van der Waals surface area contributed by atoms with Crippen LogP contribution in [0.25, 0.3) is 21.9 Å². The molecule has 0 aliphatic carbocycles. The first-order valence-electron chi connectivity index (χ1n) is 8.11. The summed E-state index contributed by atoms with van der Waals surface area (Å²) in [4.78, 5) is 24.6. The van der Waals surface area contributed by atoms with Crippen molar-refractivity contribution in [2.24, 2.45) is 0 Å². The number of aryl methyl sites for hydroxylation is 2. The van der Waals surface area contributed by atoms with Crippen LogP contribution in [0.5, 0.6) is 5.75 Å². The molecule has 1 heterocycles. The van der Waals surface area contributed by atoms with E-state index in [-0.39, 0.29) is 16.6 Å². The normalized spacial score (nSPS) is 10.6. The van der Waals surface area contributed by atoms with Gasteiger partial charge in [-0.15, -0.1) is 0 Å². The fraction of sp³-hybridized carbons (Fsp3) is 0.238. The second kappa shape index (κ2) is 6.45. The molecule has 0 amide bonds. The summed E-state index contributed by atoms with van der Waals surface area (Å²) in [5.41, 5.74) is 3.17. The predicted molar refractivity (Wildman–Crippen MR) is 97.9 cm³/mol. The zero-order valence-electron chi connectivity index (χ0n) is 14.6. The molecule has 0 spiro atoms. The molecule has 0 aliphatic heterocycles. The Hall–Kier alpha value is -3.06. The van der Waals surface area contributed by atoms with Crippen molar-refractivity contribution in [2.75, 3.05) is 0 Å². The van der Waals surface area contributed by atoms with Crippen molar-refractivity contribution < 1.29 is 13.9 Å². The first kappa shape index (κ1) is 16.8. The van der Waals surface area contributed by atoms with Crippen molar-refractivity contribution in [1.29, 1.82) is 0 Å². The highest BCUT2D eigenvalue weighted by molar-refractivity contribution is 5.96. The molecule has 25 heavy (non-hydrogen) atoms. The van der Waals surface area contributed by atoms with Crippen LogP contribution in [0, 0.1) is 25.7 Å². The number of carbonyl (C=O) groups excluding carboxylic acids is 1. The van der Waals surface area contributed by atoms with E-state index in [9.17, 15) is 9.59 Å². The second-order valence-corrected chi connectivity index (χ2v) is 5.88. The average Bonchev–Trinajstić information content (AvgIpc) is 2.57. The summed E-state index contributed by atoms with van der Waals surface area (Å²) in [6.07, 6.45) is 0.655.